The standard InChI is InChI=1S/C19H18N2O4/c1-3-24-16-6-4-5-14-11-17(25-18(14)16)12(2)20-21-15-9-7-13(8-10-15)19(22)23/h4-11,21H,3H2,1-2H3,(H,22,23)/p-1/b20-12-. The number of carboxylic acids is 1. The molecule has 0 aliphatic heterocycles. The van der Waals surface area contributed by atoms with Gasteiger partial charge in [0.1, 0.15) is 5.71 Å². The molecule has 0 fully saturated rings. The molecule has 0 radical (unpaired) electrons. The molecule has 0 spiro atoms. The highest BCUT2D eigenvalue weighted by Gasteiger charge is 2.11. The molecule has 0 atom stereocenters. The first-order chi connectivity index (χ1) is 12.1. The summed E-state index contributed by atoms with van der Waals surface area (Å²) in [4.78, 5) is 10.7. The van der Waals surface area contributed by atoms with Crippen molar-refractivity contribution in [1.82, 2.24) is 0 Å². The number of nitrogens with zero attached hydrogens (tertiary/aromatic N) is 1. The SMILES string of the molecule is CCOc1cccc2cc(/C(C)=N\Nc3ccc(C(=O)[O-])cc3)oc12. The van der Waals surface area contributed by atoms with Crippen molar-refractivity contribution in [2.45, 2.75) is 13.8 Å². The van der Waals surface area contributed by atoms with Gasteiger partial charge in [-0.1, -0.05) is 24.3 Å². The van der Waals surface area contributed by atoms with E-state index in [9.17, 15) is 9.90 Å². The van der Waals surface area contributed by atoms with Gasteiger partial charge in [-0.3, -0.25) is 5.43 Å². The van der Waals surface area contributed by atoms with Gasteiger partial charge in [-0.25, -0.2) is 0 Å². The maximum atomic E-state index is 10.7. The van der Waals surface area contributed by atoms with Crippen LogP contribution < -0.4 is 15.3 Å². The number of nitrogens with one attached hydrogen (secondary N) is 1. The molecular formula is C19H17N2O4-. The number of hydrogen-bond acceptors (Lipinski definition) is 6. The largest absolute Gasteiger partial charge is 0.545 e. The van der Waals surface area contributed by atoms with Gasteiger partial charge >= 0.3 is 0 Å². The molecule has 0 bridgehead atoms. The van der Waals surface area contributed by atoms with Gasteiger partial charge in [0.25, 0.3) is 0 Å². The van der Waals surface area contributed by atoms with Gasteiger partial charge in [-0.05, 0) is 43.7 Å². The van der Waals surface area contributed by atoms with E-state index in [0.717, 1.165) is 5.39 Å². The third kappa shape index (κ3) is 3.63. The van der Waals surface area contributed by atoms with Crippen LogP contribution in [0, 0.1) is 0 Å². The first-order valence-corrected chi connectivity index (χ1v) is 7.86. The molecule has 25 heavy (non-hydrogen) atoms. The fourth-order valence-electron chi connectivity index (χ4n) is 2.37. The zero-order valence-electron chi connectivity index (χ0n) is 13.9. The maximum absolute atomic E-state index is 10.7. The number of anilines is 1. The van der Waals surface area contributed by atoms with Crippen LogP contribution in [0.5, 0.6) is 5.75 Å². The quantitative estimate of drug-likeness (QED) is 0.552. The number of carbonyl (C=O) groups is 1. The Balaban J connectivity index is 1.81. The van der Waals surface area contributed by atoms with E-state index in [1.54, 1.807) is 12.1 Å². The maximum Gasteiger partial charge on any atom is 0.176 e. The lowest BCUT2D eigenvalue weighted by Crippen LogP contribution is -2.21. The van der Waals surface area contributed by atoms with Crippen LogP contribution in [0.1, 0.15) is 30.0 Å². The van der Waals surface area contributed by atoms with Crippen LogP contribution in [-0.2, 0) is 0 Å². The molecule has 0 aliphatic rings. The van der Waals surface area contributed by atoms with Crippen molar-refractivity contribution >= 4 is 28.3 Å². The summed E-state index contributed by atoms with van der Waals surface area (Å²) in [5.41, 5.74) is 5.00. The number of rotatable bonds is 6. The molecule has 6 heteroatoms. The van der Waals surface area contributed by atoms with E-state index in [1.807, 2.05) is 38.1 Å². The summed E-state index contributed by atoms with van der Waals surface area (Å²) in [6, 6.07) is 13.8. The van der Waals surface area contributed by atoms with E-state index >= 15 is 0 Å². The molecule has 6 nitrogen and oxygen atoms in total. The Bertz CT molecular complexity index is 926. The molecule has 0 aliphatic carbocycles. The second kappa shape index (κ2) is 7.09. The number of hydrazone groups is 1. The number of benzene rings is 2. The van der Waals surface area contributed by atoms with Crippen LogP contribution in [0.3, 0.4) is 0 Å². The molecule has 1 aromatic heterocycles. The van der Waals surface area contributed by atoms with Gasteiger partial charge in [0.05, 0.1) is 18.3 Å². The molecule has 0 unspecified atom stereocenters. The lowest BCUT2D eigenvalue weighted by molar-refractivity contribution is -0.255. The Labute approximate surface area is 144 Å². The summed E-state index contributed by atoms with van der Waals surface area (Å²) in [5, 5.41) is 16.0. The number of aromatic carboxylic acids is 1. The molecule has 128 valence electrons. The highest BCUT2D eigenvalue weighted by atomic mass is 16.5. The van der Waals surface area contributed by atoms with Crippen molar-refractivity contribution in [3.63, 3.8) is 0 Å². The topological polar surface area (TPSA) is 86.9 Å². The predicted molar refractivity (Wildman–Crippen MR) is 94.0 cm³/mol. The van der Waals surface area contributed by atoms with Crippen molar-refractivity contribution in [2.75, 3.05) is 12.0 Å². The first-order valence-electron chi connectivity index (χ1n) is 7.86. The van der Waals surface area contributed by atoms with Gasteiger partial charge in [0, 0.05) is 5.39 Å². The predicted octanol–water partition coefficient (Wildman–Crippen LogP) is 3.03. The second-order valence-corrected chi connectivity index (χ2v) is 5.39. The molecule has 0 saturated carbocycles. The van der Waals surface area contributed by atoms with E-state index in [-0.39, 0.29) is 5.56 Å². The van der Waals surface area contributed by atoms with Crippen LogP contribution >= 0.6 is 0 Å². The lowest BCUT2D eigenvalue weighted by atomic mass is 10.2. The van der Waals surface area contributed by atoms with Crippen LogP contribution in [-0.4, -0.2) is 18.3 Å². The Hall–Kier alpha value is -3.28. The third-order valence-electron chi connectivity index (χ3n) is 3.64. The van der Waals surface area contributed by atoms with E-state index < -0.39 is 5.97 Å². The monoisotopic (exact) mass is 337 g/mol. The summed E-state index contributed by atoms with van der Waals surface area (Å²) in [6.07, 6.45) is 0. The highest BCUT2D eigenvalue weighted by molar-refractivity contribution is 6.00. The second-order valence-electron chi connectivity index (χ2n) is 5.39. The molecule has 0 saturated heterocycles. The molecular weight excluding hydrogens is 320 g/mol. The van der Waals surface area contributed by atoms with Crippen LogP contribution in [0.25, 0.3) is 11.0 Å². The normalized spacial score (nSPS) is 11.5. The lowest BCUT2D eigenvalue weighted by Gasteiger charge is -2.05. The Morgan fingerprint density at radius 3 is 2.68 bits per heavy atom. The van der Waals surface area contributed by atoms with Crippen LogP contribution in [0.15, 0.2) is 58.0 Å². The fraction of sp³-hybridized carbons (Fsp3) is 0.158. The minimum atomic E-state index is -1.21. The average Bonchev–Trinajstić information content (AvgIpc) is 3.05. The Kier molecular flexibility index (Phi) is 4.70. The number of furan rings is 1. The number of para-hydroxylation sites is 1. The van der Waals surface area contributed by atoms with Crippen LogP contribution in [0.2, 0.25) is 0 Å². The Morgan fingerprint density at radius 2 is 2.00 bits per heavy atom. The van der Waals surface area contributed by atoms with Crippen molar-refractivity contribution < 1.29 is 19.1 Å². The number of ether oxygens (including phenoxy) is 1. The van der Waals surface area contributed by atoms with E-state index in [4.69, 9.17) is 9.15 Å². The van der Waals surface area contributed by atoms with Crippen LogP contribution in [0.4, 0.5) is 5.69 Å². The molecule has 0 amide bonds. The van der Waals surface area contributed by atoms with Gasteiger partial charge < -0.3 is 19.1 Å². The number of carboxylic acid groups (broad SMARTS) is 1. The van der Waals surface area contributed by atoms with Crippen molar-refractivity contribution in [3.8, 4) is 5.75 Å². The van der Waals surface area contributed by atoms with Crippen molar-refractivity contribution in [3.05, 3.63) is 59.9 Å². The van der Waals surface area contributed by atoms with Gasteiger partial charge in [-0.15, -0.1) is 0 Å². The molecule has 1 N–H and O–H groups in total. The highest BCUT2D eigenvalue weighted by Crippen LogP contribution is 2.29. The molecule has 3 rings (SSSR count). The first kappa shape index (κ1) is 16.6. The van der Waals surface area contributed by atoms with Gasteiger partial charge in [0.2, 0.25) is 0 Å². The minimum absolute atomic E-state index is 0.118. The van der Waals surface area contributed by atoms with Gasteiger partial charge in [0.15, 0.2) is 17.1 Å². The molecule has 2 aromatic carbocycles. The summed E-state index contributed by atoms with van der Waals surface area (Å²) in [5.74, 6) is 0.115. The van der Waals surface area contributed by atoms with E-state index in [2.05, 4.69) is 10.5 Å². The average molecular weight is 337 g/mol. The minimum Gasteiger partial charge on any atom is -0.545 e. The van der Waals surface area contributed by atoms with Gasteiger partial charge in [-0.2, -0.15) is 5.10 Å². The molecule has 3 aromatic rings. The molecule has 1 heterocycles. The summed E-state index contributed by atoms with van der Waals surface area (Å²) < 4.78 is 11.4. The number of hydrogen-bond donors (Lipinski definition) is 1. The zero-order valence-corrected chi connectivity index (χ0v) is 13.9. The summed E-state index contributed by atoms with van der Waals surface area (Å²) >= 11 is 0. The summed E-state index contributed by atoms with van der Waals surface area (Å²) in [7, 11) is 0. The van der Waals surface area contributed by atoms with Crippen molar-refractivity contribution in [1.29, 1.82) is 0 Å². The van der Waals surface area contributed by atoms with Crippen molar-refractivity contribution in [2.24, 2.45) is 5.10 Å². The number of carbonyl (C=O) groups excluding carboxylic acids is 1. The summed E-state index contributed by atoms with van der Waals surface area (Å²) in [6.45, 7) is 4.30. The zero-order chi connectivity index (χ0) is 17.8. The Morgan fingerprint density at radius 1 is 1.24 bits per heavy atom. The van der Waals surface area contributed by atoms with E-state index in [1.165, 1.54) is 12.1 Å². The third-order valence-corrected chi connectivity index (χ3v) is 3.64. The number of fused-ring (bicyclic) bond motifs is 1. The van der Waals surface area contributed by atoms with E-state index in [0.29, 0.717) is 35.1 Å². The fourth-order valence-corrected chi connectivity index (χ4v) is 2.37. The smallest absolute Gasteiger partial charge is 0.176 e.